The lowest BCUT2D eigenvalue weighted by molar-refractivity contribution is -0.141. The number of hydrogen-bond acceptors (Lipinski definition) is 2. The quantitative estimate of drug-likeness (QED) is 0.546. The molecular formula is C18H24O2. The number of carbonyl (C=O) groups excluding carboxylic acids is 1. The van der Waals surface area contributed by atoms with Crippen LogP contribution < -0.4 is 0 Å². The van der Waals surface area contributed by atoms with Gasteiger partial charge in [-0.2, -0.15) is 0 Å². The summed E-state index contributed by atoms with van der Waals surface area (Å²) >= 11 is 0. The van der Waals surface area contributed by atoms with E-state index >= 15 is 0 Å². The zero-order valence-corrected chi connectivity index (χ0v) is 12.6. The molecule has 0 saturated heterocycles. The molecule has 2 nitrogen and oxygen atoms in total. The first-order valence-electron chi connectivity index (χ1n) is 7.16. The number of carbonyl (C=O) groups is 1. The minimum absolute atomic E-state index is 0.186. The molecule has 2 heteroatoms. The SMILES string of the molecule is CC/C=C(\C)C(C)/C=C/COC(=O)Cc1ccccc1. The minimum atomic E-state index is -0.186. The Morgan fingerprint density at radius 2 is 2.00 bits per heavy atom. The maximum Gasteiger partial charge on any atom is 0.310 e. The molecule has 0 radical (unpaired) electrons. The van der Waals surface area contributed by atoms with Gasteiger partial charge < -0.3 is 4.74 Å². The van der Waals surface area contributed by atoms with Crippen molar-refractivity contribution >= 4 is 5.97 Å². The van der Waals surface area contributed by atoms with Crippen LogP contribution in [0.4, 0.5) is 0 Å². The highest BCUT2D eigenvalue weighted by atomic mass is 16.5. The van der Waals surface area contributed by atoms with Crippen molar-refractivity contribution in [2.24, 2.45) is 5.92 Å². The fourth-order valence-electron chi connectivity index (χ4n) is 1.87. The zero-order valence-electron chi connectivity index (χ0n) is 12.6. The predicted molar refractivity (Wildman–Crippen MR) is 83.5 cm³/mol. The third kappa shape index (κ3) is 6.37. The topological polar surface area (TPSA) is 26.3 Å². The second kappa shape index (κ2) is 9.13. The number of hydrogen-bond donors (Lipinski definition) is 0. The highest BCUT2D eigenvalue weighted by Crippen LogP contribution is 2.11. The van der Waals surface area contributed by atoms with Crippen molar-refractivity contribution in [1.29, 1.82) is 0 Å². The van der Waals surface area contributed by atoms with Crippen molar-refractivity contribution in [3.05, 3.63) is 59.7 Å². The van der Waals surface area contributed by atoms with Crippen molar-refractivity contribution in [3.8, 4) is 0 Å². The molecule has 1 atom stereocenters. The first-order chi connectivity index (χ1) is 9.63. The highest BCUT2D eigenvalue weighted by molar-refractivity contribution is 5.72. The van der Waals surface area contributed by atoms with Crippen molar-refractivity contribution < 1.29 is 9.53 Å². The number of ether oxygens (including phenoxy) is 1. The molecule has 0 fully saturated rings. The van der Waals surface area contributed by atoms with Crippen LogP contribution >= 0.6 is 0 Å². The molecule has 0 saturated carbocycles. The predicted octanol–water partition coefficient (Wildman–Crippen LogP) is 4.32. The van der Waals surface area contributed by atoms with Gasteiger partial charge in [-0.3, -0.25) is 4.79 Å². The fourth-order valence-corrected chi connectivity index (χ4v) is 1.87. The van der Waals surface area contributed by atoms with Crippen molar-refractivity contribution in [2.75, 3.05) is 6.61 Å². The number of allylic oxidation sites excluding steroid dienone is 3. The van der Waals surface area contributed by atoms with Crippen LogP contribution in [-0.2, 0) is 16.0 Å². The smallest absolute Gasteiger partial charge is 0.310 e. The normalized spacial score (nSPS) is 13.4. The summed E-state index contributed by atoms with van der Waals surface area (Å²) in [5.74, 6) is 0.206. The Morgan fingerprint density at radius 1 is 1.30 bits per heavy atom. The van der Waals surface area contributed by atoms with Crippen molar-refractivity contribution in [3.63, 3.8) is 0 Å². The Balaban J connectivity index is 2.30. The monoisotopic (exact) mass is 272 g/mol. The van der Waals surface area contributed by atoms with Crippen LogP contribution in [0.15, 0.2) is 54.1 Å². The Bertz CT molecular complexity index is 458. The van der Waals surface area contributed by atoms with Gasteiger partial charge in [0.1, 0.15) is 6.61 Å². The summed E-state index contributed by atoms with van der Waals surface area (Å²) in [4.78, 5) is 11.6. The molecule has 0 aromatic heterocycles. The van der Waals surface area contributed by atoms with Gasteiger partial charge in [-0.05, 0) is 24.8 Å². The van der Waals surface area contributed by atoms with E-state index in [0.29, 0.717) is 18.9 Å². The standard InChI is InChI=1S/C18H24O2/c1-4-9-15(2)16(3)10-8-13-20-18(19)14-17-11-6-5-7-12-17/h5-12,16H,4,13-14H2,1-3H3/b10-8+,15-9+. The van der Waals surface area contributed by atoms with Crippen LogP contribution in [0, 0.1) is 5.92 Å². The number of esters is 1. The van der Waals surface area contributed by atoms with E-state index in [-0.39, 0.29) is 5.97 Å². The van der Waals surface area contributed by atoms with E-state index in [2.05, 4.69) is 32.9 Å². The summed E-state index contributed by atoms with van der Waals surface area (Å²) in [6.07, 6.45) is 7.60. The van der Waals surface area contributed by atoms with E-state index < -0.39 is 0 Å². The molecule has 0 heterocycles. The van der Waals surface area contributed by atoms with Crippen LogP contribution in [0.1, 0.15) is 32.8 Å². The summed E-state index contributed by atoms with van der Waals surface area (Å²) < 4.78 is 5.19. The Labute approximate surface area is 122 Å². The van der Waals surface area contributed by atoms with Gasteiger partial charge in [-0.1, -0.05) is 68.0 Å². The van der Waals surface area contributed by atoms with Crippen LogP contribution in [0.3, 0.4) is 0 Å². The number of benzene rings is 1. The summed E-state index contributed by atoms with van der Waals surface area (Å²) in [6, 6.07) is 9.64. The zero-order chi connectivity index (χ0) is 14.8. The van der Waals surface area contributed by atoms with Gasteiger partial charge in [0.2, 0.25) is 0 Å². The Hall–Kier alpha value is -1.83. The van der Waals surface area contributed by atoms with Gasteiger partial charge in [0.25, 0.3) is 0 Å². The second-order valence-corrected chi connectivity index (χ2v) is 4.92. The van der Waals surface area contributed by atoms with E-state index in [1.54, 1.807) is 0 Å². The largest absolute Gasteiger partial charge is 0.461 e. The first-order valence-corrected chi connectivity index (χ1v) is 7.16. The summed E-state index contributed by atoms with van der Waals surface area (Å²) in [7, 11) is 0. The average molecular weight is 272 g/mol. The summed E-state index contributed by atoms with van der Waals surface area (Å²) in [5.41, 5.74) is 2.33. The van der Waals surface area contributed by atoms with E-state index in [4.69, 9.17) is 4.74 Å². The van der Waals surface area contributed by atoms with Gasteiger partial charge in [0, 0.05) is 0 Å². The van der Waals surface area contributed by atoms with E-state index in [1.807, 2.05) is 36.4 Å². The third-order valence-electron chi connectivity index (χ3n) is 3.20. The highest BCUT2D eigenvalue weighted by Gasteiger charge is 2.03. The molecule has 1 unspecified atom stereocenters. The summed E-state index contributed by atoms with van der Waals surface area (Å²) in [5, 5.41) is 0. The molecule has 0 spiro atoms. The number of rotatable bonds is 7. The lowest BCUT2D eigenvalue weighted by Crippen LogP contribution is -2.08. The Morgan fingerprint density at radius 3 is 2.65 bits per heavy atom. The van der Waals surface area contributed by atoms with E-state index in [0.717, 1.165) is 12.0 Å². The van der Waals surface area contributed by atoms with Crippen LogP contribution in [0.5, 0.6) is 0 Å². The molecule has 0 aliphatic carbocycles. The van der Waals surface area contributed by atoms with Crippen molar-refractivity contribution in [1.82, 2.24) is 0 Å². The van der Waals surface area contributed by atoms with Gasteiger partial charge in [0.05, 0.1) is 6.42 Å². The molecule has 0 aliphatic rings. The van der Waals surface area contributed by atoms with Crippen LogP contribution in [0.2, 0.25) is 0 Å². The maximum atomic E-state index is 11.6. The van der Waals surface area contributed by atoms with Crippen LogP contribution in [0.25, 0.3) is 0 Å². The molecule has 108 valence electrons. The van der Waals surface area contributed by atoms with E-state index in [1.165, 1.54) is 5.57 Å². The molecule has 1 aromatic carbocycles. The summed E-state index contributed by atoms with van der Waals surface area (Å²) in [6.45, 7) is 6.74. The second-order valence-electron chi connectivity index (χ2n) is 4.92. The van der Waals surface area contributed by atoms with Gasteiger partial charge >= 0.3 is 5.97 Å². The van der Waals surface area contributed by atoms with Gasteiger partial charge in [0.15, 0.2) is 0 Å². The molecule has 0 bridgehead atoms. The molecule has 1 aromatic rings. The first kappa shape index (κ1) is 16.2. The van der Waals surface area contributed by atoms with Gasteiger partial charge in [-0.25, -0.2) is 0 Å². The van der Waals surface area contributed by atoms with Crippen molar-refractivity contribution in [2.45, 2.75) is 33.6 Å². The van der Waals surface area contributed by atoms with Gasteiger partial charge in [-0.15, -0.1) is 0 Å². The maximum absolute atomic E-state index is 11.6. The third-order valence-corrected chi connectivity index (χ3v) is 3.20. The molecular weight excluding hydrogens is 248 g/mol. The van der Waals surface area contributed by atoms with Crippen LogP contribution in [-0.4, -0.2) is 12.6 Å². The van der Waals surface area contributed by atoms with E-state index in [9.17, 15) is 4.79 Å². The Kier molecular flexibility index (Phi) is 7.41. The average Bonchev–Trinajstić information content (AvgIpc) is 2.44. The molecule has 0 amide bonds. The lowest BCUT2D eigenvalue weighted by Gasteiger charge is -2.06. The lowest BCUT2D eigenvalue weighted by atomic mass is 10.0. The molecule has 1 rings (SSSR count). The minimum Gasteiger partial charge on any atom is -0.461 e. The fraction of sp³-hybridized carbons (Fsp3) is 0.389. The molecule has 0 N–H and O–H groups in total. The molecule has 20 heavy (non-hydrogen) atoms. The molecule has 0 aliphatic heterocycles.